The van der Waals surface area contributed by atoms with E-state index in [1.54, 1.807) is 12.1 Å². The number of rotatable bonds is 10. The number of aromatic carboxylic acids is 1. The van der Waals surface area contributed by atoms with Gasteiger partial charge in [-0.25, -0.2) is 9.18 Å². The topological polar surface area (TPSA) is 126 Å². The highest BCUT2D eigenvalue weighted by Crippen LogP contribution is 2.26. The average Bonchev–Trinajstić information content (AvgIpc) is 3.23. The highest BCUT2D eigenvalue weighted by Gasteiger charge is 2.26. The quantitative estimate of drug-likeness (QED) is 0.360. The van der Waals surface area contributed by atoms with Gasteiger partial charge in [-0.1, -0.05) is 31.7 Å². The van der Waals surface area contributed by atoms with Gasteiger partial charge in [0, 0.05) is 17.8 Å². The first kappa shape index (κ1) is 25.9. The minimum absolute atomic E-state index is 0.0171. The highest BCUT2D eigenvalue weighted by molar-refractivity contribution is 7.99. The lowest BCUT2D eigenvalue weighted by Crippen LogP contribution is -2.33. The summed E-state index contributed by atoms with van der Waals surface area (Å²) in [5, 5.41) is 23.7. The van der Waals surface area contributed by atoms with Gasteiger partial charge < -0.3 is 20.3 Å². The number of hydrogen-bond donors (Lipinski definition) is 3. The van der Waals surface area contributed by atoms with E-state index in [4.69, 9.17) is 5.11 Å². The number of carbonyl (C=O) groups excluding carboxylic acids is 2. The number of carboxylic acid groups (broad SMARTS) is 1. The number of aromatic nitrogens is 3. The fourth-order valence-corrected chi connectivity index (χ4v) is 4.16. The minimum Gasteiger partial charge on any atom is -0.478 e. The molecule has 0 saturated heterocycles. The van der Waals surface area contributed by atoms with Gasteiger partial charge in [0.05, 0.1) is 17.4 Å². The lowest BCUT2D eigenvalue weighted by Gasteiger charge is -2.22. The molecule has 0 aliphatic heterocycles. The van der Waals surface area contributed by atoms with Crippen LogP contribution in [-0.4, -0.2) is 43.4 Å². The van der Waals surface area contributed by atoms with Crippen molar-refractivity contribution < 1.29 is 23.9 Å². The monoisotopic (exact) mass is 499 g/mol. The van der Waals surface area contributed by atoms with Crippen LogP contribution >= 0.6 is 11.8 Å². The van der Waals surface area contributed by atoms with Crippen molar-refractivity contribution in [3.8, 4) is 0 Å². The summed E-state index contributed by atoms with van der Waals surface area (Å²) >= 11 is 1.18. The van der Waals surface area contributed by atoms with Crippen LogP contribution in [0, 0.1) is 11.7 Å². The van der Waals surface area contributed by atoms with Crippen LogP contribution in [0.1, 0.15) is 53.4 Å². The van der Waals surface area contributed by atoms with E-state index >= 15 is 0 Å². The second-order valence-corrected chi connectivity index (χ2v) is 8.95. The fraction of sp³-hybridized carbons (Fsp3) is 0.292. The Morgan fingerprint density at radius 3 is 2.43 bits per heavy atom. The smallest absolute Gasteiger partial charge is 0.335 e. The molecule has 0 spiro atoms. The average molecular weight is 500 g/mol. The van der Waals surface area contributed by atoms with Gasteiger partial charge >= 0.3 is 5.97 Å². The maximum atomic E-state index is 13.2. The molecule has 3 rings (SSSR count). The van der Waals surface area contributed by atoms with E-state index in [0.29, 0.717) is 28.8 Å². The number of nitrogens with zero attached hydrogens (tertiary/aromatic N) is 3. The second-order valence-electron chi connectivity index (χ2n) is 8.01. The standard InChI is InChI=1S/C24H26FN5O4S/c1-4-30-21(20(14(2)3)27-22(32)15-8-10-17(25)11-9-15)28-29-24(30)35-13-19(31)26-18-7-5-6-16(12-18)23(33)34/h5-12,14,20H,4,13H2,1-3H3,(H,26,31)(H,27,32)(H,33,34)/t20-/m0/s1. The summed E-state index contributed by atoms with van der Waals surface area (Å²) in [4.78, 5) is 36.3. The number of carboxylic acids is 1. The molecule has 0 aliphatic rings. The molecular weight excluding hydrogens is 473 g/mol. The second kappa shape index (κ2) is 11.6. The van der Waals surface area contributed by atoms with Crippen molar-refractivity contribution in [3.63, 3.8) is 0 Å². The lowest BCUT2D eigenvalue weighted by molar-refractivity contribution is -0.113. The number of halogens is 1. The van der Waals surface area contributed by atoms with Gasteiger partial charge in [-0.05, 0) is 55.3 Å². The van der Waals surface area contributed by atoms with Gasteiger partial charge in [-0.3, -0.25) is 9.59 Å². The number of amides is 2. The van der Waals surface area contributed by atoms with Crippen LogP contribution in [0.15, 0.2) is 53.7 Å². The van der Waals surface area contributed by atoms with E-state index in [-0.39, 0.29) is 29.0 Å². The van der Waals surface area contributed by atoms with Crippen molar-refractivity contribution in [2.24, 2.45) is 5.92 Å². The molecule has 0 bridgehead atoms. The molecule has 0 saturated carbocycles. The van der Waals surface area contributed by atoms with Crippen molar-refractivity contribution in [2.45, 2.75) is 38.5 Å². The number of carbonyl (C=O) groups is 3. The Labute approximate surface area is 206 Å². The predicted octanol–water partition coefficient (Wildman–Crippen LogP) is 3.99. The molecule has 0 aliphatic carbocycles. The number of nitrogens with one attached hydrogen (secondary N) is 2. The van der Waals surface area contributed by atoms with Gasteiger partial charge in [0.2, 0.25) is 5.91 Å². The highest BCUT2D eigenvalue weighted by atomic mass is 32.2. The molecule has 3 N–H and O–H groups in total. The summed E-state index contributed by atoms with van der Waals surface area (Å²) in [5.41, 5.74) is 0.794. The summed E-state index contributed by atoms with van der Waals surface area (Å²) in [6.07, 6.45) is 0. The Hall–Kier alpha value is -3.73. The van der Waals surface area contributed by atoms with Crippen LogP contribution < -0.4 is 10.6 Å². The molecule has 0 fully saturated rings. The van der Waals surface area contributed by atoms with E-state index in [0.717, 1.165) is 0 Å². The maximum absolute atomic E-state index is 13.2. The third-order valence-electron chi connectivity index (χ3n) is 5.13. The van der Waals surface area contributed by atoms with Crippen molar-refractivity contribution in [3.05, 3.63) is 71.3 Å². The number of anilines is 1. The summed E-state index contributed by atoms with van der Waals surface area (Å²) in [6, 6.07) is 10.8. The normalized spacial score (nSPS) is 11.8. The Kier molecular flexibility index (Phi) is 8.58. The SMILES string of the molecule is CCn1c(SCC(=O)Nc2cccc(C(=O)O)c2)nnc1[C@@H](NC(=O)c1ccc(F)cc1)C(C)C. The van der Waals surface area contributed by atoms with Crippen molar-refractivity contribution in [1.82, 2.24) is 20.1 Å². The first-order chi connectivity index (χ1) is 16.7. The van der Waals surface area contributed by atoms with Gasteiger partial charge in [0.15, 0.2) is 11.0 Å². The van der Waals surface area contributed by atoms with Gasteiger partial charge in [-0.15, -0.1) is 10.2 Å². The van der Waals surface area contributed by atoms with E-state index < -0.39 is 17.8 Å². The number of benzene rings is 2. The van der Waals surface area contributed by atoms with Crippen LogP contribution in [0.2, 0.25) is 0 Å². The molecule has 0 unspecified atom stereocenters. The minimum atomic E-state index is -1.08. The van der Waals surface area contributed by atoms with Crippen LogP contribution in [0.4, 0.5) is 10.1 Å². The molecule has 1 heterocycles. The van der Waals surface area contributed by atoms with Crippen molar-refractivity contribution in [2.75, 3.05) is 11.1 Å². The summed E-state index contributed by atoms with van der Waals surface area (Å²) in [5.74, 6) is -1.62. The molecule has 1 aromatic heterocycles. The first-order valence-corrected chi connectivity index (χ1v) is 11.9. The zero-order valence-electron chi connectivity index (χ0n) is 19.5. The fourth-order valence-electron chi connectivity index (χ4n) is 3.35. The summed E-state index contributed by atoms with van der Waals surface area (Å²) in [6.45, 7) is 6.31. The molecule has 3 aromatic rings. The molecule has 2 amide bonds. The maximum Gasteiger partial charge on any atom is 0.335 e. The Bertz CT molecular complexity index is 1210. The molecule has 11 heteroatoms. The Morgan fingerprint density at radius 1 is 1.09 bits per heavy atom. The first-order valence-electron chi connectivity index (χ1n) is 10.9. The zero-order valence-corrected chi connectivity index (χ0v) is 20.3. The molecule has 35 heavy (non-hydrogen) atoms. The predicted molar refractivity (Wildman–Crippen MR) is 130 cm³/mol. The van der Waals surface area contributed by atoms with E-state index in [2.05, 4.69) is 20.8 Å². The van der Waals surface area contributed by atoms with Crippen LogP contribution in [0.25, 0.3) is 0 Å². The van der Waals surface area contributed by atoms with Crippen molar-refractivity contribution >= 4 is 35.2 Å². The van der Waals surface area contributed by atoms with E-state index in [9.17, 15) is 18.8 Å². The van der Waals surface area contributed by atoms with Gasteiger partial charge in [0.25, 0.3) is 5.91 Å². The number of hydrogen-bond acceptors (Lipinski definition) is 6. The largest absolute Gasteiger partial charge is 0.478 e. The van der Waals surface area contributed by atoms with Crippen LogP contribution in [-0.2, 0) is 11.3 Å². The molecular formula is C24H26FN5O4S. The van der Waals surface area contributed by atoms with Crippen LogP contribution in [0.3, 0.4) is 0 Å². The summed E-state index contributed by atoms with van der Waals surface area (Å²) in [7, 11) is 0. The van der Waals surface area contributed by atoms with E-state index in [1.165, 1.54) is 48.2 Å². The Morgan fingerprint density at radius 2 is 1.80 bits per heavy atom. The lowest BCUT2D eigenvalue weighted by atomic mass is 10.0. The zero-order chi connectivity index (χ0) is 25.5. The van der Waals surface area contributed by atoms with Crippen LogP contribution in [0.5, 0.6) is 0 Å². The third-order valence-corrected chi connectivity index (χ3v) is 6.09. The molecule has 184 valence electrons. The van der Waals surface area contributed by atoms with Gasteiger partial charge in [-0.2, -0.15) is 0 Å². The number of thioether (sulfide) groups is 1. The van der Waals surface area contributed by atoms with Gasteiger partial charge in [0.1, 0.15) is 5.82 Å². The van der Waals surface area contributed by atoms with E-state index in [1.807, 2.05) is 25.3 Å². The summed E-state index contributed by atoms with van der Waals surface area (Å²) < 4.78 is 15.0. The Balaban J connectivity index is 1.70. The van der Waals surface area contributed by atoms with Crippen molar-refractivity contribution in [1.29, 1.82) is 0 Å². The molecule has 2 aromatic carbocycles. The molecule has 9 nitrogen and oxygen atoms in total. The molecule has 1 atom stereocenters. The molecule has 0 radical (unpaired) electrons. The third kappa shape index (κ3) is 6.66.